The summed E-state index contributed by atoms with van der Waals surface area (Å²) < 4.78 is 12.7. The van der Waals surface area contributed by atoms with Gasteiger partial charge in [-0.3, -0.25) is 4.39 Å². The van der Waals surface area contributed by atoms with E-state index in [1.807, 2.05) is 61.9 Å². The third kappa shape index (κ3) is 9.81. The van der Waals surface area contributed by atoms with Gasteiger partial charge >= 0.3 is 0 Å². The molecule has 13 rings (SSSR count). The summed E-state index contributed by atoms with van der Waals surface area (Å²) in [5.74, 6) is -0.275. The van der Waals surface area contributed by atoms with Gasteiger partial charge in [-0.1, -0.05) is 155 Å². The average Bonchev–Trinajstić information content (AvgIpc) is 2.32. The first-order chi connectivity index (χ1) is 36.9. The van der Waals surface area contributed by atoms with E-state index in [1.54, 1.807) is 6.07 Å². The molecule has 6 heterocycles. The minimum atomic E-state index is -0.275. The molecule has 0 atom stereocenters. The molecule has 399 valence electrons. The van der Waals surface area contributed by atoms with E-state index in [9.17, 15) is 4.39 Å². The van der Waals surface area contributed by atoms with Crippen LogP contribution in [0.5, 0.6) is 0 Å². The molecule has 0 saturated carbocycles. The zero-order chi connectivity index (χ0) is 55.0. The summed E-state index contributed by atoms with van der Waals surface area (Å²) in [6, 6.07) is 55.0. The van der Waals surface area contributed by atoms with E-state index in [1.165, 1.54) is 116 Å². The van der Waals surface area contributed by atoms with Crippen molar-refractivity contribution in [3.8, 4) is 33.6 Å². The molecule has 9 heteroatoms. The van der Waals surface area contributed by atoms with Gasteiger partial charge in [0, 0.05) is 69.3 Å². The van der Waals surface area contributed by atoms with Crippen molar-refractivity contribution in [1.82, 2.24) is 9.97 Å². The minimum absolute atomic E-state index is 0. The molecule has 2 aromatic heterocycles. The first-order valence-electron chi connectivity index (χ1n) is 27.2. The summed E-state index contributed by atoms with van der Waals surface area (Å²) in [4.78, 5) is 19.6. The van der Waals surface area contributed by atoms with E-state index < -0.39 is 0 Å². The quantitative estimate of drug-likeness (QED) is 0.129. The Morgan fingerprint density at radius 3 is 1.51 bits per heavy atom. The van der Waals surface area contributed by atoms with Crippen LogP contribution in [-0.4, -0.2) is 16.7 Å². The fourth-order valence-electron chi connectivity index (χ4n) is 11.3. The summed E-state index contributed by atoms with van der Waals surface area (Å²) in [5, 5.41) is 0. The van der Waals surface area contributed by atoms with E-state index in [-0.39, 0.29) is 54.3 Å². The second kappa shape index (κ2) is 19.8. The number of fused-ring (bicyclic) bond motifs is 8. The Labute approximate surface area is 490 Å². The van der Waals surface area contributed by atoms with Gasteiger partial charge in [0.2, 0.25) is 0 Å². The fraction of sp³-hybridized carbons (Fsp3) is 0.257. The van der Waals surface area contributed by atoms with Gasteiger partial charge in [0.05, 0.1) is 22.7 Å². The number of nitrogens with zero attached hydrogens (tertiary/aromatic N) is 4. The minimum Gasteiger partial charge on any atom is -0.309 e. The summed E-state index contributed by atoms with van der Waals surface area (Å²) in [6.07, 6.45) is 3.69. The number of hydrogen-bond donors (Lipinski definition) is 0. The van der Waals surface area contributed by atoms with Crippen LogP contribution in [0, 0.1) is 31.8 Å². The molecule has 0 aliphatic carbocycles. The van der Waals surface area contributed by atoms with Gasteiger partial charge in [-0.2, -0.15) is 0 Å². The van der Waals surface area contributed by atoms with Gasteiger partial charge in [0.1, 0.15) is 0 Å². The Kier molecular flexibility index (Phi) is 13.7. The van der Waals surface area contributed by atoms with Crippen molar-refractivity contribution in [2.24, 2.45) is 0 Å². The molecule has 4 aliphatic heterocycles. The zero-order valence-corrected chi connectivity index (χ0v) is 51.8. The second-order valence-electron chi connectivity index (χ2n) is 25.7. The standard InChI is InChI=1S/C57H55BN3S2.C13H11FN.Ir/c1-54(2,3)36-19-21-43-47(29-36)62-49-31-38(56(7,8)9)27-40-52(49)60(43)45-25-35(33-16-15-17-34(24-33)42-18-13-14-23-59-42)26-46-51(45)58(40)41-28-39(57(10,11)12)32-50-53(41)61(46)44-22-20-37(55(4,5)6)30-48(44)63-50;1-9-7-13(15-8-10(9)2)11-3-5-12(14)6-4-11;/h13-16,18-32H,1-12H3;3,5-8H,1-2H3;/q2*-1;. The number of aryl methyl sites for hydroxylation is 2. The Morgan fingerprint density at radius 1 is 0.481 bits per heavy atom. The molecule has 79 heavy (non-hydrogen) atoms. The van der Waals surface area contributed by atoms with Crippen molar-refractivity contribution in [3.05, 3.63) is 197 Å². The normalized spacial score (nSPS) is 13.7. The smallest absolute Gasteiger partial charge is 0.252 e. The van der Waals surface area contributed by atoms with Crippen LogP contribution in [0.3, 0.4) is 0 Å². The van der Waals surface area contributed by atoms with Crippen LogP contribution in [0.4, 0.5) is 38.5 Å². The van der Waals surface area contributed by atoms with E-state index >= 15 is 0 Å². The van der Waals surface area contributed by atoms with E-state index in [4.69, 9.17) is 4.98 Å². The predicted molar refractivity (Wildman–Crippen MR) is 329 cm³/mol. The molecule has 0 bridgehead atoms. The maximum Gasteiger partial charge on any atom is 0.252 e. The Balaban J connectivity index is 0.000000357. The molecule has 0 N–H and O–H groups in total. The van der Waals surface area contributed by atoms with Gasteiger partial charge in [-0.25, -0.2) is 0 Å². The van der Waals surface area contributed by atoms with Crippen LogP contribution in [0.1, 0.15) is 116 Å². The average molecular weight is 1250 g/mol. The predicted octanol–water partition coefficient (Wildman–Crippen LogP) is 17.7. The number of aromatic nitrogens is 2. The Hall–Kier alpha value is -6.22. The van der Waals surface area contributed by atoms with Crippen molar-refractivity contribution in [2.75, 3.05) is 9.80 Å². The van der Waals surface area contributed by atoms with Crippen LogP contribution < -0.4 is 26.2 Å². The monoisotopic (exact) mass is 1250 g/mol. The number of halogens is 1. The van der Waals surface area contributed by atoms with Gasteiger partial charge < -0.3 is 19.8 Å². The zero-order valence-electron chi connectivity index (χ0n) is 47.8. The molecule has 0 fully saturated rings. The molecule has 4 aliphatic rings. The molecule has 1 radical (unpaired) electrons. The first kappa shape index (κ1) is 54.7. The molecule has 0 amide bonds. The van der Waals surface area contributed by atoms with E-state index in [0.29, 0.717) is 0 Å². The Morgan fingerprint density at radius 2 is 1.03 bits per heavy atom. The van der Waals surface area contributed by atoms with E-state index in [0.717, 1.165) is 33.6 Å². The van der Waals surface area contributed by atoms with Crippen LogP contribution in [0.25, 0.3) is 33.6 Å². The number of pyridine rings is 2. The summed E-state index contributed by atoms with van der Waals surface area (Å²) in [5.41, 5.74) is 25.5. The summed E-state index contributed by atoms with van der Waals surface area (Å²) >= 11 is 3.91. The first-order valence-corrected chi connectivity index (χ1v) is 28.9. The molecule has 0 unspecified atom stereocenters. The van der Waals surface area contributed by atoms with Gasteiger partial charge in [0.15, 0.2) is 0 Å². The maximum atomic E-state index is 12.7. The van der Waals surface area contributed by atoms with E-state index in [2.05, 4.69) is 213 Å². The van der Waals surface area contributed by atoms with Crippen molar-refractivity contribution in [3.63, 3.8) is 0 Å². The molecule has 0 spiro atoms. The number of rotatable bonds is 3. The second-order valence-corrected chi connectivity index (χ2v) is 27.9. The molecular formula is C70H66BFIrN4S2-2. The molecule has 9 aromatic rings. The summed E-state index contributed by atoms with van der Waals surface area (Å²) in [7, 11) is 0. The largest absolute Gasteiger partial charge is 0.309 e. The number of benzene rings is 7. The van der Waals surface area contributed by atoms with Crippen molar-refractivity contribution in [1.29, 1.82) is 0 Å². The molecular weight excluding hydrogens is 1180 g/mol. The molecule has 7 aromatic carbocycles. The maximum absolute atomic E-state index is 12.7. The Bertz CT molecular complexity index is 3740. The van der Waals surface area contributed by atoms with Crippen molar-refractivity contribution in [2.45, 2.75) is 138 Å². The van der Waals surface area contributed by atoms with Gasteiger partial charge in [0.25, 0.3) is 6.71 Å². The fourth-order valence-corrected chi connectivity index (χ4v) is 13.6. The van der Waals surface area contributed by atoms with Gasteiger partial charge in [-0.05, 0) is 151 Å². The van der Waals surface area contributed by atoms with Crippen molar-refractivity contribution >= 4 is 80.7 Å². The van der Waals surface area contributed by atoms with Gasteiger partial charge in [-0.15, -0.1) is 65.2 Å². The number of anilines is 6. The van der Waals surface area contributed by atoms with Crippen LogP contribution in [-0.2, 0) is 41.8 Å². The van der Waals surface area contributed by atoms with Crippen LogP contribution in [0.2, 0.25) is 0 Å². The topological polar surface area (TPSA) is 32.3 Å². The SMILES string of the molecule is CC(C)(C)c1ccc2c(c1)Sc1cc(C(C)(C)C)cc3c1N2c1cc(-c2cc[c-]c(-c4ccccn4)c2)cc2c1B3c1cc(C(C)(C)C)cc3c1N2c1ccc(C(C)(C)C)cc1S3.Cc1cnc(-c2[c-]cc(F)cc2)cc1C.[Ir]. The third-order valence-corrected chi connectivity index (χ3v) is 18.1. The summed E-state index contributed by atoms with van der Waals surface area (Å²) in [6.45, 7) is 32.2. The van der Waals surface area contributed by atoms with Crippen LogP contribution in [0.15, 0.2) is 165 Å². The van der Waals surface area contributed by atoms with Crippen molar-refractivity contribution < 1.29 is 24.5 Å². The number of hydrogen-bond acceptors (Lipinski definition) is 6. The third-order valence-electron chi connectivity index (χ3n) is 16.0. The molecule has 4 nitrogen and oxygen atoms in total. The van der Waals surface area contributed by atoms with Crippen LogP contribution >= 0.6 is 23.5 Å². The molecule has 0 saturated heterocycles.